The molecular weight excluding hydrogens is 228 g/mol. The van der Waals surface area contributed by atoms with Gasteiger partial charge in [0.25, 0.3) is 0 Å². The van der Waals surface area contributed by atoms with Crippen LogP contribution in [0.15, 0.2) is 11.1 Å². The molecule has 0 radical (unpaired) electrons. The van der Waals surface area contributed by atoms with Crippen molar-refractivity contribution in [2.75, 3.05) is 0 Å². The molecule has 1 saturated carbocycles. The normalized spacial score (nSPS) is 43.6. The second-order valence-corrected chi connectivity index (χ2v) is 6.37. The minimum Gasteiger partial charge on any atom is -0.457 e. The third-order valence-corrected chi connectivity index (χ3v) is 5.34. The number of rotatable bonds is 0. The molecule has 0 aromatic carbocycles. The lowest BCUT2D eigenvalue weighted by molar-refractivity contribution is -0.143. The molecule has 0 bridgehead atoms. The van der Waals surface area contributed by atoms with E-state index in [1.165, 1.54) is 0 Å². The second kappa shape index (κ2) is 3.69. The SMILES string of the molecule is CC1=C2[C@@H]3OC(=O)[C@@H](C)[C@@H]3CC[C@@]2(C)CCC1=O. The van der Waals surface area contributed by atoms with E-state index in [-0.39, 0.29) is 35.1 Å². The van der Waals surface area contributed by atoms with Gasteiger partial charge in [0.05, 0.1) is 5.92 Å². The Bertz CT molecular complexity index is 462. The predicted molar refractivity (Wildman–Crippen MR) is 66.8 cm³/mol. The highest BCUT2D eigenvalue weighted by molar-refractivity contribution is 5.97. The Balaban J connectivity index is 2.09. The van der Waals surface area contributed by atoms with Crippen LogP contribution in [0.1, 0.15) is 46.5 Å². The van der Waals surface area contributed by atoms with Crippen molar-refractivity contribution in [3.63, 3.8) is 0 Å². The zero-order valence-electron chi connectivity index (χ0n) is 11.3. The highest BCUT2D eigenvalue weighted by Gasteiger charge is 2.53. The molecule has 0 unspecified atom stereocenters. The first-order chi connectivity index (χ1) is 8.44. The molecule has 1 saturated heterocycles. The number of Topliss-reactive ketones (excluding diaryl/α,β-unsaturated/α-hetero) is 1. The Morgan fingerprint density at radius 3 is 2.72 bits per heavy atom. The smallest absolute Gasteiger partial charge is 0.309 e. The van der Waals surface area contributed by atoms with E-state index in [9.17, 15) is 9.59 Å². The number of fused-ring (bicyclic) bond motifs is 3. The third kappa shape index (κ3) is 1.42. The van der Waals surface area contributed by atoms with Crippen LogP contribution in [0.5, 0.6) is 0 Å². The van der Waals surface area contributed by atoms with Crippen LogP contribution in [-0.2, 0) is 14.3 Å². The van der Waals surface area contributed by atoms with Crippen LogP contribution in [0.2, 0.25) is 0 Å². The topological polar surface area (TPSA) is 43.4 Å². The van der Waals surface area contributed by atoms with Crippen molar-refractivity contribution >= 4 is 11.8 Å². The maximum Gasteiger partial charge on any atom is 0.309 e. The number of hydrogen-bond donors (Lipinski definition) is 0. The molecule has 0 spiro atoms. The van der Waals surface area contributed by atoms with Gasteiger partial charge in [0, 0.05) is 12.3 Å². The lowest BCUT2D eigenvalue weighted by atomic mass is 9.59. The summed E-state index contributed by atoms with van der Waals surface area (Å²) in [6, 6.07) is 0. The molecule has 0 amide bonds. The van der Waals surface area contributed by atoms with Gasteiger partial charge in [0.1, 0.15) is 6.10 Å². The Labute approximate surface area is 108 Å². The first kappa shape index (κ1) is 11.9. The molecule has 0 N–H and O–H groups in total. The van der Waals surface area contributed by atoms with Crippen molar-refractivity contribution in [2.24, 2.45) is 17.3 Å². The van der Waals surface area contributed by atoms with E-state index in [2.05, 4.69) is 6.92 Å². The summed E-state index contributed by atoms with van der Waals surface area (Å²) in [5.74, 6) is 0.407. The van der Waals surface area contributed by atoms with E-state index in [4.69, 9.17) is 4.74 Å². The fraction of sp³-hybridized carbons (Fsp3) is 0.733. The minimum atomic E-state index is -0.129. The number of esters is 1. The molecule has 3 aliphatic rings. The van der Waals surface area contributed by atoms with Crippen LogP contribution in [0, 0.1) is 17.3 Å². The lowest BCUT2D eigenvalue weighted by Gasteiger charge is -2.45. The van der Waals surface area contributed by atoms with Gasteiger partial charge < -0.3 is 4.74 Å². The summed E-state index contributed by atoms with van der Waals surface area (Å²) in [7, 11) is 0. The van der Waals surface area contributed by atoms with Gasteiger partial charge in [-0.1, -0.05) is 13.8 Å². The lowest BCUT2D eigenvalue weighted by Crippen LogP contribution is -2.41. The molecule has 2 aliphatic carbocycles. The summed E-state index contributed by atoms with van der Waals surface area (Å²) in [5.41, 5.74) is 2.07. The summed E-state index contributed by atoms with van der Waals surface area (Å²) in [5, 5.41) is 0. The molecular formula is C15H20O3. The second-order valence-electron chi connectivity index (χ2n) is 6.37. The van der Waals surface area contributed by atoms with Gasteiger partial charge in [-0.3, -0.25) is 9.59 Å². The van der Waals surface area contributed by atoms with Crippen LogP contribution in [0.4, 0.5) is 0 Å². The molecule has 1 aliphatic heterocycles. The fourth-order valence-corrected chi connectivity index (χ4v) is 4.05. The molecule has 0 aromatic heterocycles. The van der Waals surface area contributed by atoms with Crippen molar-refractivity contribution in [2.45, 2.75) is 52.6 Å². The quantitative estimate of drug-likeness (QED) is 0.619. The van der Waals surface area contributed by atoms with Crippen molar-refractivity contribution < 1.29 is 14.3 Å². The summed E-state index contributed by atoms with van der Waals surface area (Å²) in [6.07, 6.45) is 3.55. The number of carbonyl (C=O) groups is 2. The van der Waals surface area contributed by atoms with Gasteiger partial charge >= 0.3 is 5.97 Å². The van der Waals surface area contributed by atoms with Crippen molar-refractivity contribution in [3.05, 3.63) is 11.1 Å². The predicted octanol–water partition coefficient (Wildman–Crippen LogP) is 2.64. The van der Waals surface area contributed by atoms with Gasteiger partial charge in [-0.2, -0.15) is 0 Å². The van der Waals surface area contributed by atoms with E-state index in [1.807, 2.05) is 13.8 Å². The van der Waals surface area contributed by atoms with Crippen molar-refractivity contribution in [3.8, 4) is 0 Å². The molecule has 3 heteroatoms. The van der Waals surface area contributed by atoms with Crippen LogP contribution < -0.4 is 0 Å². The first-order valence-corrected chi connectivity index (χ1v) is 6.89. The number of allylic oxidation sites excluding steroid dienone is 1. The number of ether oxygens (including phenoxy) is 1. The Morgan fingerprint density at radius 1 is 1.28 bits per heavy atom. The molecule has 4 atom stereocenters. The zero-order valence-corrected chi connectivity index (χ0v) is 11.3. The molecule has 2 fully saturated rings. The van der Waals surface area contributed by atoms with Crippen LogP contribution in [0.25, 0.3) is 0 Å². The summed E-state index contributed by atoms with van der Waals surface area (Å²) in [6.45, 7) is 6.09. The van der Waals surface area contributed by atoms with Gasteiger partial charge in [0.15, 0.2) is 5.78 Å². The van der Waals surface area contributed by atoms with Gasteiger partial charge in [0.2, 0.25) is 0 Å². The Morgan fingerprint density at radius 2 is 2.00 bits per heavy atom. The summed E-state index contributed by atoms with van der Waals surface area (Å²) < 4.78 is 5.58. The van der Waals surface area contributed by atoms with E-state index in [0.29, 0.717) is 6.42 Å². The average Bonchev–Trinajstić information content (AvgIpc) is 2.60. The molecule has 98 valence electrons. The summed E-state index contributed by atoms with van der Waals surface area (Å²) in [4.78, 5) is 23.7. The van der Waals surface area contributed by atoms with E-state index in [0.717, 1.165) is 30.4 Å². The number of hydrogen-bond acceptors (Lipinski definition) is 3. The average molecular weight is 248 g/mol. The minimum absolute atomic E-state index is 0.0168. The Hall–Kier alpha value is -1.12. The highest BCUT2D eigenvalue weighted by Crippen LogP contribution is 2.54. The number of carbonyl (C=O) groups excluding carboxylic acids is 2. The van der Waals surface area contributed by atoms with Crippen LogP contribution in [-0.4, -0.2) is 17.9 Å². The third-order valence-electron chi connectivity index (χ3n) is 5.34. The fourth-order valence-electron chi connectivity index (χ4n) is 4.05. The van der Waals surface area contributed by atoms with Gasteiger partial charge in [-0.15, -0.1) is 0 Å². The van der Waals surface area contributed by atoms with Gasteiger partial charge in [-0.25, -0.2) is 0 Å². The molecule has 3 nitrogen and oxygen atoms in total. The van der Waals surface area contributed by atoms with Crippen LogP contribution in [0.3, 0.4) is 0 Å². The van der Waals surface area contributed by atoms with E-state index in [1.54, 1.807) is 0 Å². The van der Waals surface area contributed by atoms with Gasteiger partial charge in [-0.05, 0) is 42.7 Å². The van der Waals surface area contributed by atoms with E-state index < -0.39 is 0 Å². The van der Waals surface area contributed by atoms with E-state index >= 15 is 0 Å². The maximum atomic E-state index is 11.9. The highest BCUT2D eigenvalue weighted by atomic mass is 16.6. The number of ketones is 1. The standard InChI is InChI=1S/C15H20O3/c1-8-10-4-6-15(3)7-5-11(16)9(2)12(15)13(10)18-14(8)17/h8,10,13H,4-7H2,1-3H3/t8-,10-,13+,15-/m0/s1. The molecule has 0 aromatic rings. The maximum absolute atomic E-state index is 11.9. The van der Waals surface area contributed by atoms with Crippen LogP contribution >= 0.6 is 0 Å². The zero-order chi connectivity index (χ0) is 13.1. The molecule has 18 heavy (non-hydrogen) atoms. The summed E-state index contributed by atoms with van der Waals surface area (Å²) >= 11 is 0. The van der Waals surface area contributed by atoms with Crippen molar-refractivity contribution in [1.29, 1.82) is 0 Å². The Kier molecular flexibility index (Phi) is 2.45. The first-order valence-electron chi connectivity index (χ1n) is 6.89. The molecule has 1 heterocycles. The largest absolute Gasteiger partial charge is 0.457 e. The monoisotopic (exact) mass is 248 g/mol. The van der Waals surface area contributed by atoms with Crippen molar-refractivity contribution in [1.82, 2.24) is 0 Å². The molecule has 3 rings (SSSR count).